The Bertz CT molecular complexity index is 480. The minimum absolute atomic E-state index is 0.239. The summed E-state index contributed by atoms with van der Waals surface area (Å²) in [6, 6.07) is 7.69. The lowest BCUT2D eigenvalue weighted by Gasteiger charge is -2.11. The Morgan fingerprint density at radius 2 is 2.00 bits per heavy atom. The number of nitrogens with zero attached hydrogens (tertiary/aromatic N) is 1. The van der Waals surface area contributed by atoms with Crippen LogP contribution < -0.4 is 15.5 Å². The van der Waals surface area contributed by atoms with Gasteiger partial charge in [-0.15, -0.1) is 6.58 Å². The zero-order valence-electron chi connectivity index (χ0n) is 11.4. The molecule has 0 aliphatic rings. The first-order chi connectivity index (χ1) is 9.13. The second-order valence-corrected chi connectivity index (χ2v) is 4.10. The zero-order valence-corrected chi connectivity index (χ0v) is 11.4. The summed E-state index contributed by atoms with van der Waals surface area (Å²) >= 11 is 0. The van der Waals surface area contributed by atoms with Crippen LogP contribution in [0.2, 0.25) is 0 Å². The fraction of sp³-hybridized carbons (Fsp3) is 0.267. The smallest absolute Gasteiger partial charge is 0.315 e. The second-order valence-electron chi connectivity index (χ2n) is 4.10. The Morgan fingerprint density at radius 3 is 2.58 bits per heavy atom. The molecule has 1 aromatic carbocycles. The molecule has 0 aliphatic carbocycles. The maximum Gasteiger partial charge on any atom is 0.315 e. The molecule has 1 aromatic rings. The summed E-state index contributed by atoms with van der Waals surface area (Å²) in [6.07, 6.45) is 1.62. The Kier molecular flexibility index (Phi) is 6.04. The Balaban J connectivity index is 2.41. The van der Waals surface area contributed by atoms with Crippen molar-refractivity contribution < 1.29 is 4.79 Å². The van der Waals surface area contributed by atoms with Crippen molar-refractivity contribution in [2.24, 2.45) is 0 Å². The topological polar surface area (TPSA) is 44.4 Å². The average molecular weight is 257 g/mol. The molecule has 0 fully saturated rings. The summed E-state index contributed by atoms with van der Waals surface area (Å²) in [5.41, 5.74) is 2.06. The number of urea groups is 1. The van der Waals surface area contributed by atoms with E-state index in [1.165, 1.54) is 0 Å². The predicted octanol–water partition coefficient (Wildman–Crippen LogP) is 1.59. The highest BCUT2D eigenvalue weighted by molar-refractivity contribution is 5.74. The number of hydrogen-bond donors (Lipinski definition) is 2. The molecule has 19 heavy (non-hydrogen) atoms. The predicted molar refractivity (Wildman–Crippen MR) is 79.2 cm³/mol. The van der Waals surface area contributed by atoms with E-state index in [0.717, 1.165) is 11.3 Å². The van der Waals surface area contributed by atoms with Crippen LogP contribution in [0.25, 0.3) is 0 Å². The van der Waals surface area contributed by atoms with Crippen molar-refractivity contribution in [3.8, 4) is 11.8 Å². The maximum atomic E-state index is 11.2. The molecule has 0 bridgehead atoms. The lowest BCUT2D eigenvalue weighted by atomic mass is 10.2. The molecule has 2 amide bonds. The van der Waals surface area contributed by atoms with Crippen molar-refractivity contribution in [1.29, 1.82) is 0 Å². The van der Waals surface area contributed by atoms with Crippen molar-refractivity contribution in [2.75, 3.05) is 32.1 Å². The van der Waals surface area contributed by atoms with Gasteiger partial charge in [-0.1, -0.05) is 17.9 Å². The van der Waals surface area contributed by atoms with Gasteiger partial charge in [-0.3, -0.25) is 0 Å². The van der Waals surface area contributed by atoms with Gasteiger partial charge in [0.15, 0.2) is 0 Å². The van der Waals surface area contributed by atoms with E-state index in [-0.39, 0.29) is 6.03 Å². The molecule has 0 aromatic heterocycles. The van der Waals surface area contributed by atoms with Gasteiger partial charge in [0.1, 0.15) is 0 Å². The third-order valence-corrected chi connectivity index (χ3v) is 2.36. The van der Waals surface area contributed by atoms with Crippen LogP contribution in [0, 0.1) is 11.8 Å². The first-order valence-electron chi connectivity index (χ1n) is 6.02. The number of amides is 2. The van der Waals surface area contributed by atoms with Gasteiger partial charge in [-0.2, -0.15) is 0 Å². The fourth-order valence-corrected chi connectivity index (χ4v) is 1.34. The molecule has 0 aliphatic heterocycles. The molecule has 0 radical (unpaired) electrons. The Hall–Kier alpha value is -2.41. The number of hydrogen-bond acceptors (Lipinski definition) is 2. The summed E-state index contributed by atoms with van der Waals surface area (Å²) < 4.78 is 0. The second kappa shape index (κ2) is 7.83. The summed E-state index contributed by atoms with van der Waals surface area (Å²) in [5, 5.41) is 5.25. The standard InChI is InChI=1S/C15H19N3O/c1-4-11-16-15(19)17-12-5-6-13-7-9-14(10-8-13)18(2)3/h4,7-10H,1,11-12H2,2-3H3,(H2,16,17,19). The summed E-state index contributed by atoms with van der Waals surface area (Å²) in [5.74, 6) is 5.89. The van der Waals surface area contributed by atoms with E-state index in [2.05, 4.69) is 29.1 Å². The third kappa shape index (κ3) is 5.64. The molecule has 0 spiro atoms. The molecule has 0 saturated heterocycles. The quantitative estimate of drug-likeness (QED) is 0.635. The summed E-state index contributed by atoms with van der Waals surface area (Å²) in [7, 11) is 3.99. The van der Waals surface area contributed by atoms with Crippen LogP contribution in [-0.2, 0) is 0 Å². The van der Waals surface area contributed by atoms with Crippen LogP contribution in [0.1, 0.15) is 5.56 Å². The minimum Gasteiger partial charge on any atom is -0.378 e. The van der Waals surface area contributed by atoms with Crippen LogP contribution in [0.5, 0.6) is 0 Å². The number of carbonyl (C=O) groups excluding carboxylic acids is 1. The first kappa shape index (κ1) is 14.7. The number of rotatable bonds is 4. The highest BCUT2D eigenvalue weighted by atomic mass is 16.2. The third-order valence-electron chi connectivity index (χ3n) is 2.36. The van der Waals surface area contributed by atoms with E-state index in [4.69, 9.17) is 0 Å². The molecule has 4 nitrogen and oxygen atoms in total. The lowest BCUT2D eigenvalue weighted by Crippen LogP contribution is -2.35. The molecular formula is C15H19N3O. The van der Waals surface area contributed by atoms with Gasteiger partial charge in [0.25, 0.3) is 0 Å². The van der Waals surface area contributed by atoms with E-state index in [9.17, 15) is 4.79 Å². The average Bonchev–Trinajstić information content (AvgIpc) is 2.41. The zero-order chi connectivity index (χ0) is 14.1. The van der Waals surface area contributed by atoms with Crippen molar-refractivity contribution in [3.63, 3.8) is 0 Å². The molecular weight excluding hydrogens is 238 g/mol. The largest absolute Gasteiger partial charge is 0.378 e. The first-order valence-corrected chi connectivity index (χ1v) is 6.02. The molecule has 0 unspecified atom stereocenters. The molecule has 0 heterocycles. The van der Waals surface area contributed by atoms with Gasteiger partial charge in [0.2, 0.25) is 0 Å². The van der Waals surface area contributed by atoms with Crippen LogP contribution in [0.3, 0.4) is 0 Å². The van der Waals surface area contributed by atoms with Gasteiger partial charge < -0.3 is 15.5 Å². The van der Waals surface area contributed by atoms with Gasteiger partial charge in [-0.05, 0) is 24.3 Å². The monoisotopic (exact) mass is 257 g/mol. The Labute approximate surface area is 114 Å². The van der Waals surface area contributed by atoms with Gasteiger partial charge >= 0.3 is 6.03 Å². The minimum atomic E-state index is -0.239. The van der Waals surface area contributed by atoms with Crippen LogP contribution >= 0.6 is 0 Å². The molecule has 100 valence electrons. The SMILES string of the molecule is C=CCNC(=O)NCC#Cc1ccc(N(C)C)cc1. The number of anilines is 1. The van der Waals surface area contributed by atoms with E-state index in [1.54, 1.807) is 6.08 Å². The van der Waals surface area contributed by atoms with Crippen molar-refractivity contribution in [1.82, 2.24) is 10.6 Å². The van der Waals surface area contributed by atoms with Crippen LogP contribution in [0.4, 0.5) is 10.5 Å². The van der Waals surface area contributed by atoms with Gasteiger partial charge in [-0.25, -0.2) is 4.79 Å². The maximum absolute atomic E-state index is 11.2. The summed E-state index contributed by atoms with van der Waals surface area (Å²) in [4.78, 5) is 13.2. The number of benzene rings is 1. The van der Waals surface area contributed by atoms with Crippen LogP contribution in [-0.4, -0.2) is 33.2 Å². The van der Waals surface area contributed by atoms with Gasteiger partial charge in [0, 0.05) is 31.9 Å². The summed E-state index contributed by atoms with van der Waals surface area (Å²) in [6.45, 7) is 4.28. The number of carbonyl (C=O) groups is 1. The Morgan fingerprint density at radius 1 is 1.32 bits per heavy atom. The van der Waals surface area contributed by atoms with Crippen LogP contribution in [0.15, 0.2) is 36.9 Å². The molecule has 0 atom stereocenters. The van der Waals surface area contributed by atoms with Crippen molar-refractivity contribution in [3.05, 3.63) is 42.5 Å². The van der Waals surface area contributed by atoms with Gasteiger partial charge in [0.05, 0.1) is 6.54 Å². The fourth-order valence-electron chi connectivity index (χ4n) is 1.34. The highest BCUT2D eigenvalue weighted by Gasteiger charge is 1.94. The van der Waals surface area contributed by atoms with E-state index in [1.807, 2.05) is 43.3 Å². The molecule has 1 rings (SSSR count). The lowest BCUT2D eigenvalue weighted by molar-refractivity contribution is 0.243. The molecule has 2 N–H and O–H groups in total. The van der Waals surface area contributed by atoms with E-state index in [0.29, 0.717) is 13.1 Å². The van der Waals surface area contributed by atoms with E-state index < -0.39 is 0 Å². The van der Waals surface area contributed by atoms with Crippen molar-refractivity contribution in [2.45, 2.75) is 0 Å². The molecule has 4 heteroatoms. The number of nitrogens with one attached hydrogen (secondary N) is 2. The van der Waals surface area contributed by atoms with E-state index >= 15 is 0 Å². The van der Waals surface area contributed by atoms with Crippen molar-refractivity contribution >= 4 is 11.7 Å². The molecule has 0 saturated carbocycles. The highest BCUT2D eigenvalue weighted by Crippen LogP contribution is 2.11. The normalized spacial score (nSPS) is 8.95.